The second kappa shape index (κ2) is 6.94. The number of ether oxygens (including phenoxy) is 1. The molecule has 6 heteroatoms. The lowest BCUT2D eigenvalue weighted by atomic mass is 10.2. The Kier molecular flexibility index (Phi) is 5.57. The van der Waals surface area contributed by atoms with Gasteiger partial charge < -0.3 is 15.4 Å². The molecule has 0 unspecified atom stereocenters. The van der Waals surface area contributed by atoms with E-state index in [9.17, 15) is 10.1 Å². The zero-order chi connectivity index (χ0) is 14.4. The fourth-order valence-corrected chi connectivity index (χ4v) is 1.82. The fourth-order valence-electron chi connectivity index (χ4n) is 1.82. The van der Waals surface area contributed by atoms with Gasteiger partial charge in [-0.2, -0.15) is 0 Å². The van der Waals surface area contributed by atoms with Gasteiger partial charge >= 0.3 is 0 Å². The summed E-state index contributed by atoms with van der Waals surface area (Å²) in [5.74, 6) is 0.509. The van der Waals surface area contributed by atoms with Gasteiger partial charge in [0.2, 0.25) is 0 Å². The zero-order valence-electron chi connectivity index (χ0n) is 11.6. The highest BCUT2D eigenvalue weighted by Gasteiger charge is 2.14. The van der Waals surface area contributed by atoms with E-state index in [1.807, 2.05) is 31.7 Å². The molecule has 1 aromatic carbocycles. The van der Waals surface area contributed by atoms with Gasteiger partial charge in [-0.1, -0.05) is 0 Å². The van der Waals surface area contributed by atoms with E-state index in [0.717, 1.165) is 12.2 Å². The molecule has 0 spiro atoms. The molecule has 0 bridgehead atoms. The van der Waals surface area contributed by atoms with Crippen molar-refractivity contribution in [2.75, 3.05) is 24.5 Å². The van der Waals surface area contributed by atoms with E-state index < -0.39 is 4.92 Å². The van der Waals surface area contributed by atoms with Crippen molar-refractivity contribution in [3.05, 3.63) is 28.3 Å². The molecule has 0 radical (unpaired) electrons. The maximum absolute atomic E-state index is 11.0. The summed E-state index contributed by atoms with van der Waals surface area (Å²) in [5, 5.41) is 11.0. The Hall–Kier alpha value is -1.82. The van der Waals surface area contributed by atoms with Crippen LogP contribution in [0.4, 0.5) is 11.4 Å². The lowest BCUT2D eigenvalue weighted by Crippen LogP contribution is -2.29. The summed E-state index contributed by atoms with van der Waals surface area (Å²) in [4.78, 5) is 12.5. The van der Waals surface area contributed by atoms with E-state index in [4.69, 9.17) is 10.5 Å². The Balaban J connectivity index is 3.14. The third kappa shape index (κ3) is 4.40. The minimum absolute atomic E-state index is 0.0283. The molecule has 0 aliphatic carbocycles. The number of rotatable bonds is 7. The number of hydrogen-bond donors (Lipinski definition) is 1. The first kappa shape index (κ1) is 15.2. The van der Waals surface area contributed by atoms with Crippen LogP contribution < -0.4 is 15.4 Å². The molecule has 2 N–H and O–H groups in total. The van der Waals surface area contributed by atoms with Gasteiger partial charge in [0, 0.05) is 37.5 Å². The molecule has 0 aliphatic rings. The normalized spacial score (nSPS) is 10.6. The molecule has 1 aromatic rings. The summed E-state index contributed by atoms with van der Waals surface area (Å²) in [6, 6.07) is 4.80. The molecule has 0 saturated heterocycles. The van der Waals surface area contributed by atoms with Crippen LogP contribution in [0.2, 0.25) is 0 Å². The Labute approximate surface area is 113 Å². The Morgan fingerprint density at radius 3 is 2.58 bits per heavy atom. The van der Waals surface area contributed by atoms with Gasteiger partial charge in [0.1, 0.15) is 5.75 Å². The van der Waals surface area contributed by atoms with Gasteiger partial charge in [-0.15, -0.1) is 0 Å². The van der Waals surface area contributed by atoms with Crippen molar-refractivity contribution in [3.63, 3.8) is 0 Å². The van der Waals surface area contributed by atoms with Gasteiger partial charge in [0.15, 0.2) is 0 Å². The molecular formula is C13H21N3O3. The van der Waals surface area contributed by atoms with E-state index >= 15 is 0 Å². The number of likely N-dealkylation sites (N-methyl/N-ethyl adjacent to an activating group) is 1. The van der Waals surface area contributed by atoms with Crippen molar-refractivity contribution in [1.29, 1.82) is 0 Å². The number of non-ortho nitro benzene ring substituents is 1. The SMILES string of the molecule is CCN(CCN)c1cc(OC(C)C)cc([N+](=O)[O-])c1. The standard InChI is InChI=1S/C13H21N3O3/c1-4-15(6-5-14)11-7-12(16(17)18)9-13(8-11)19-10(2)3/h7-10H,4-6,14H2,1-3H3. The Bertz CT molecular complexity index is 435. The lowest BCUT2D eigenvalue weighted by molar-refractivity contribution is -0.384. The number of nitrogens with zero attached hydrogens (tertiary/aromatic N) is 2. The minimum Gasteiger partial charge on any atom is -0.491 e. The first-order valence-electron chi connectivity index (χ1n) is 6.39. The van der Waals surface area contributed by atoms with Crippen LogP contribution in [-0.2, 0) is 0 Å². The smallest absolute Gasteiger partial charge is 0.275 e. The van der Waals surface area contributed by atoms with E-state index in [1.165, 1.54) is 6.07 Å². The number of nitro benzene ring substituents is 1. The fraction of sp³-hybridized carbons (Fsp3) is 0.538. The first-order chi connectivity index (χ1) is 8.97. The summed E-state index contributed by atoms with van der Waals surface area (Å²) in [7, 11) is 0. The predicted octanol–water partition coefficient (Wildman–Crippen LogP) is 2.17. The zero-order valence-corrected chi connectivity index (χ0v) is 11.6. The van der Waals surface area contributed by atoms with Crippen LogP contribution in [0.3, 0.4) is 0 Å². The maximum Gasteiger partial charge on any atom is 0.275 e. The highest BCUT2D eigenvalue weighted by Crippen LogP contribution is 2.29. The summed E-state index contributed by atoms with van der Waals surface area (Å²) in [6.45, 7) is 7.64. The number of nitrogens with two attached hydrogens (primary N) is 1. The van der Waals surface area contributed by atoms with Crippen LogP contribution in [0.1, 0.15) is 20.8 Å². The molecule has 0 fully saturated rings. The molecule has 0 atom stereocenters. The third-order valence-corrected chi connectivity index (χ3v) is 2.60. The van der Waals surface area contributed by atoms with Gasteiger partial charge in [-0.3, -0.25) is 10.1 Å². The van der Waals surface area contributed by atoms with Crippen molar-refractivity contribution < 1.29 is 9.66 Å². The monoisotopic (exact) mass is 267 g/mol. The van der Waals surface area contributed by atoms with Crippen LogP contribution in [-0.4, -0.2) is 30.7 Å². The van der Waals surface area contributed by atoms with Crippen LogP contribution in [0, 0.1) is 10.1 Å². The average Bonchev–Trinajstić information content (AvgIpc) is 2.34. The van der Waals surface area contributed by atoms with Crippen molar-refractivity contribution in [2.45, 2.75) is 26.9 Å². The van der Waals surface area contributed by atoms with Gasteiger partial charge in [-0.25, -0.2) is 0 Å². The first-order valence-corrected chi connectivity index (χ1v) is 6.39. The maximum atomic E-state index is 11.0. The number of nitro groups is 1. The lowest BCUT2D eigenvalue weighted by Gasteiger charge is -2.23. The van der Waals surface area contributed by atoms with Gasteiger partial charge in [-0.05, 0) is 20.8 Å². The van der Waals surface area contributed by atoms with Crippen LogP contribution in [0.25, 0.3) is 0 Å². The van der Waals surface area contributed by atoms with E-state index in [1.54, 1.807) is 6.07 Å². The molecule has 0 aromatic heterocycles. The second-order valence-corrected chi connectivity index (χ2v) is 4.48. The summed E-state index contributed by atoms with van der Waals surface area (Å²) in [6.07, 6.45) is -0.0283. The van der Waals surface area contributed by atoms with Crippen LogP contribution in [0.15, 0.2) is 18.2 Å². The molecule has 0 amide bonds. The van der Waals surface area contributed by atoms with Crippen LogP contribution >= 0.6 is 0 Å². The van der Waals surface area contributed by atoms with Crippen molar-refractivity contribution in [1.82, 2.24) is 0 Å². The summed E-state index contributed by atoms with van der Waals surface area (Å²) >= 11 is 0. The largest absolute Gasteiger partial charge is 0.491 e. The molecule has 106 valence electrons. The molecule has 1 rings (SSSR count). The highest BCUT2D eigenvalue weighted by atomic mass is 16.6. The topological polar surface area (TPSA) is 81.6 Å². The number of hydrogen-bond acceptors (Lipinski definition) is 5. The molecule has 6 nitrogen and oxygen atoms in total. The van der Waals surface area contributed by atoms with E-state index in [0.29, 0.717) is 18.8 Å². The third-order valence-electron chi connectivity index (χ3n) is 2.60. The molecule has 0 saturated carbocycles. The quantitative estimate of drug-likeness (QED) is 0.604. The highest BCUT2D eigenvalue weighted by molar-refractivity contribution is 5.58. The van der Waals surface area contributed by atoms with Crippen LogP contribution in [0.5, 0.6) is 5.75 Å². The predicted molar refractivity (Wildman–Crippen MR) is 75.8 cm³/mol. The molecule has 0 heterocycles. The van der Waals surface area contributed by atoms with Gasteiger partial charge in [0.05, 0.1) is 17.1 Å². The molecule has 19 heavy (non-hydrogen) atoms. The second-order valence-electron chi connectivity index (χ2n) is 4.48. The molecule has 0 aliphatic heterocycles. The van der Waals surface area contributed by atoms with Crippen molar-refractivity contribution in [3.8, 4) is 5.75 Å². The summed E-state index contributed by atoms with van der Waals surface area (Å²) < 4.78 is 5.56. The Morgan fingerprint density at radius 2 is 2.11 bits per heavy atom. The van der Waals surface area contributed by atoms with E-state index in [-0.39, 0.29) is 11.8 Å². The molecular weight excluding hydrogens is 246 g/mol. The van der Waals surface area contributed by atoms with Gasteiger partial charge in [0.25, 0.3) is 5.69 Å². The Morgan fingerprint density at radius 1 is 1.42 bits per heavy atom. The minimum atomic E-state index is -0.410. The van der Waals surface area contributed by atoms with Crippen molar-refractivity contribution in [2.24, 2.45) is 5.73 Å². The van der Waals surface area contributed by atoms with E-state index in [2.05, 4.69) is 0 Å². The van der Waals surface area contributed by atoms with Crippen molar-refractivity contribution >= 4 is 11.4 Å². The average molecular weight is 267 g/mol. The summed E-state index contributed by atoms with van der Waals surface area (Å²) in [5.41, 5.74) is 6.35. The number of benzene rings is 1. The number of anilines is 1.